The number of amides is 1. The Balaban J connectivity index is 1.37. The molecule has 1 fully saturated rings. The number of nitrogens with zero attached hydrogens (tertiary/aromatic N) is 5. The summed E-state index contributed by atoms with van der Waals surface area (Å²) >= 11 is 0. The number of rotatable bonds is 4. The molecule has 1 saturated heterocycles. The van der Waals surface area contributed by atoms with Crippen molar-refractivity contribution in [2.45, 2.75) is 0 Å². The number of pyridine rings is 1. The number of fused-ring (bicyclic) bond motifs is 1. The Kier molecular flexibility index (Phi) is 5.51. The van der Waals surface area contributed by atoms with Crippen molar-refractivity contribution in [3.63, 3.8) is 0 Å². The minimum absolute atomic E-state index is 0.0521. The first-order valence-electron chi connectivity index (χ1n) is 10.8. The van der Waals surface area contributed by atoms with Crippen molar-refractivity contribution in [3.05, 3.63) is 78.2 Å². The molecule has 0 aliphatic carbocycles. The Morgan fingerprint density at radius 3 is 2.29 bits per heavy atom. The van der Waals surface area contributed by atoms with Crippen molar-refractivity contribution in [2.75, 3.05) is 31.1 Å². The number of carbonyl (C=O) groups excluding carboxylic acids is 1. The second-order valence-corrected chi connectivity index (χ2v) is 8.00. The Bertz CT molecular complexity index is 1380. The number of anilines is 1. The molecule has 5 rings (SSSR count). The maximum Gasteiger partial charge on any atom is 0.356 e. The van der Waals surface area contributed by atoms with Crippen LogP contribution in [-0.4, -0.2) is 68.3 Å². The summed E-state index contributed by atoms with van der Waals surface area (Å²) < 4.78 is 0. The van der Waals surface area contributed by atoms with Gasteiger partial charge in [0.05, 0.1) is 6.20 Å². The van der Waals surface area contributed by atoms with Gasteiger partial charge in [-0.05, 0) is 40.6 Å². The Labute approximate surface area is 194 Å². The summed E-state index contributed by atoms with van der Waals surface area (Å²) in [6, 6.07) is 16.2. The molecule has 170 valence electrons. The summed E-state index contributed by atoms with van der Waals surface area (Å²) in [7, 11) is 0. The van der Waals surface area contributed by atoms with Crippen LogP contribution in [0.3, 0.4) is 0 Å². The minimum atomic E-state index is -1.12. The molecule has 0 unspecified atom stereocenters. The molecule has 34 heavy (non-hydrogen) atoms. The van der Waals surface area contributed by atoms with Crippen molar-refractivity contribution in [1.29, 1.82) is 0 Å². The van der Waals surface area contributed by atoms with Gasteiger partial charge in [0.1, 0.15) is 5.75 Å². The van der Waals surface area contributed by atoms with Gasteiger partial charge >= 0.3 is 5.97 Å². The number of carboxylic acid groups (broad SMARTS) is 1. The molecule has 9 heteroatoms. The van der Waals surface area contributed by atoms with Crippen LogP contribution in [0.15, 0.2) is 67.0 Å². The second kappa shape index (κ2) is 8.78. The van der Waals surface area contributed by atoms with E-state index in [4.69, 9.17) is 5.11 Å². The lowest BCUT2D eigenvalue weighted by Gasteiger charge is -2.35. The highest BCUT2D eigenvalue weighted by Gasteiger charge is 2.25. The smallest absolute Gasteiger partial charge is 0.356 e. The highest BCUT2D eigenvalue weighted by molar-refractivity contribution is 6.11. The van der Waals surface area contributed by atoms with Gasteiger partial charge in [-0.3, -0.25) is 9.78 Å². The number of carbonyl (C=O) groups is 2. The normalized spacial score (nSPS) is 13.8. The highest BCUT2D eigenvalue weighted by atomic mass is 16.4. The molecule has 0 radical (unpaired) electrons. The van der Waals surface area contributed by atoms with Crippen LogP contribution in [0, 0.1) is 0 Å². The molecule has 0 bridgehead atoms. The molecule has 1 aliphatic heterocycles. The van der Waals surface area contributed by atoms with Crippen LogP contribution in [0.5, 0.6) is 5.75 Å². The molecule has 0 atom stereocenters. The van der Waals surface area contributed by atoms with Crippen molar-refractivity contribution < 1.29 is 19.8 Å². The first-order valence-corrected chi connectivity index (χ1v) is 10.8. The molecular weight excluding hydrogens is 434 g/mol. The number of aromatic carboxylic acids is 1. The van der Waals surface area contributed by atoms with E-state index in [9.17, 15) is 14.7 Å². The van der Waals surface area contributed by atoms with Gasteiger partial charge in [-0.25, -0.2) is 4.79 Å². The van der Waals surface area contributed by atoms with E-state index in [-0.39, 0.29) is 17.4 Å². The molecular formula is C25H21N5O4. The fourth-order valence-corrected chi connectivity index (χ4v) is 4.23. The third kappa shape index (κ3) is 3.99. The Morgan fingerprint density at radius 2 is 1.62 bits per heavy atom. The first-order chi connectivity index (χ1) is 16.5. The molecule has 2 aromatic carbocycles. The number of benzene rings is 2. The quantitative estimate of drug-likeness (QED) is 0.482. The largest absolute Gasteiger partial charge is 0.506 e. The fraction of sp³-hybridized carbons (Fsp3) is 0.160. The van der Waals surface area contributed by atoms with Crippen LogP contribution in [0.4, 0.5) is 5.82 Å². The fourth-order valence-electron chi connectivity index (χ4n) is 4.23. The summed E-state index contributed by atoms with van der Waals surface area (Å²) in [5.74, 6) is -0.495. The SMILES string of the molecule is O=C(O)c1ccc(N2CCN(C(=O)c3ccc(-c4cncc(O)c4)c4ccccc34)CC2)nn1. The lowest BCUT2D eigenvalue weighted by molar-refractivity contribution is 0.0687. The van der Waals surface area contributed by atoms with Gasteiger partial charge in [-0.1, -0.05) is 30.3 Å². The van der Waals surface area contributed by atoms with Crippen LogP contribution in [0.2, 0.25) is 0 Å². The number of carboxylic acids is 1. The Hall–Kier alpha value is -4.53. The first kappa shape index (κ1) is 21.3. The van der Waals surface area contributed by atoms with E-state index in [2.05, 4.69) is 15.2 Å². The number of piperazine rings is 1. The molecule has 1 aliphatic rings. The molecule has 4 aromatic rings. The average molecular weight is 455 g/mol. The predicted octanol–water partition coefficient (Wildman–Crippen LogP) is 3.06. The van der Waals surface area contributed by atoms with Crippen LogP contribution >= 0.6 is 0 Å². The molecule has 0 spiro atoms. The van der Waals surface area contributed by atoms with E-state index >= 15 is 0 Å². The molecule has 9 nitrogen and oxygen atoms in total. The number of hydrogen-bond acceptors (Lipinski definition) is 7. The topological polar surface area (TPSA) is 120 Å². The summed E-state index contributed by atoms with van der Waals surface area (Å²) in [6.45, 7) is 2.15. The molecule has 2 N–H and O–H groups in total. The molecule has 2 aromatic heterocycles. The van der Waals surface area contributed by atoms with Gasteiger partial charge in [0.2, 0.25) is 0 Å². The maximum atomic E-state index is 13.4. The van der Waals surface area contributed by atoms with E-state index in [1.807, 2.05) is 46.2 Å². The van der Waals surface area contributed by atoms with Gasteiger partial charge in [-0.2, -0.15) is 0 Å². The van der Waals surface area contributed by atoms with E-state index in [1.54, 1.807) is 18.3 Å². The maximum absolute atomic E-state index is 13.4. The minimum Gasteiger partial charge on any atom is -0.506 e. The van der Waals surface area contributed by atoms with Crippen molar-refractivity contribution in [3.8, 4) is 16.9 Å². The standard InChI is InChI=1S/C25H21N5O4/c31-17-13-16(14-26-15-17)18-5-6-21(20-4-2-1-3-19(18)20)24(32)30-11-9-29(10-12-30)23-8-7-22(25(33)34)27-28-23/h1-8,13-15,31H,9-12H2,(H,33,34). The lowest BCUT2D eigenvalue weighted by Crippen LogP contribution is -2.49. The predicted molar refractivity (Wildman–Crippen MR) is 126 cm³/mol. The Morgan fingerprint density at radius 1 is 0.853 bits per heavy atom. The zero-order chi connectivity index (χ0) is 23.7. The molecule has 0 saturated carbocycles. The van der Waals surface area contributed by atoms with Crippen LogP contribution < -0.4 is 4.90 Å². The van der Waals surface area contributed by atoms with E-state index in [0.29, 0.717) is 37.6 Å². The zero-order valence-electron chi connectivity index (χ0n) is 18.1. The van der Waals surface area contributed by atoms with Crippen molar-refractivity contribution >= 4 is 28.5 Å². The summed E-state index contributed by atoms with van der Waals surface area (Å²) in [4.78, 5) is 32.3. The zero-order valence-corrected chi connectivity index (χ0v) is 18.1. The van der Waals surface area contributed by atoms with E-state index < -0.39 is 5.97 Å². The monoisotopic (exact) mass is 455 g/mol. The lowest BCUT2D eigenvalue weighted by atomic mass is 9.95. The second-order valence-electron chi connectivity index (χ2n) is 8.00. The highest BCUT2D eigenvalue weighted by Crippen LogP contribution is 2.32. The number of aromatic nitrogens is 3. The summed E-state index contributed by atoms with van der Waals surface area (Å²) in [5, 5.41) is 28.3. The number of aromatic hydroxyl groups is 1. The third-order valence-corrected chi connectivity index (χ3v) is 5.95. The average Bonchev–Trinajstić information content (AvgIpc) is 2.88. The number of hydrogen-bond donors (Lipinski definition) is 2. The summed E-state index contributed by atoms with van der Waals surface area (Å²) in [5.41, 5.74) is 2.18. The van der Waals surface area contributed by atoms with Gasteiger partial charge < -0.3 is 20.0 Å². The van der Waals surface area contributed by atoms with E-state index in [1.165, 1.54) is 12.3 Å². The van der Waals surface area contributed by atoms with Crippen LogP contribution in [0.25, 0.3) is 21.9 Å². The molecule has 3 heterocycles. The van der Waals surface area contributed by atoms with Crippen LogP contribution in [-0.2, 0) is 0 Å². The van der Waals surface area contributed by atoms with E-state index in [0.717, 1.165) is 21.9 Å². The van der Waals surface area contributed by atoms with Crippen molar-refractivity contribution in [1.82, 2.24) is 20.1 Å². The summed E-state index contributed by atoms with van der Waals surface area (Å²) in [6.07, 6.45) is 3.07. The van der Waals surface area contributed by atoms with Gasteiger partial charge in [0.25, 0.3) is 5.91 Å². The van der Waals surface area contributed by atoms with Gasteiger partial charge in [0.15, 0.2) is 11.5 Å². The molecule has 1 amide bonds. The van der Waals surface area contributed by atoms with Crippen molar-refractivity contribution in [2.24, 2.45) is 0 Å². The van der Waals surface area contributed by atoms with Gasteiger partial charge in [0, 0.05) is 43.5 Å². The van der Waals surface area contributed by atoms with Crippen LogP contribution in [0.1, 0.15) is 20.8 Å². The van der Waals surface area contributed by atoms with Gasteiger partial charge in [-0.15, -0.1) is 10.2 Å². The third-order valence-electron chi connectivity index (χ3n) is 5.95.